The van der Waals surface area contributed by atoms with Crippen molar-refractivity contribution in [2.45, 2.75) is 0 Å². The number of para-hydroxylation sites is 3. The number of rotatable bonds is 1. The van der Waals surface area contributed by atoms with Crippen LogP contribution in [0.3, 0.4) is 0 Å². The van der Waals surface area contributed by atoms with E-state index >= 15 is 0 Å². The third-order valence-electron chi connectivity index (χ3n) is 2.84. The summed E-state index contributed by atoms with van der Waals surface area (Å²) >= 11 is 0. The predicted octanol–water partition coefficient (Wildman–Crippen LogP) is 2.14. The van der Waals surface area contributed by atoms with Gasteiger partial charge in [0.15, 0.2) is 0 Å². The first kappa shape index (κ1) is 10.7. The molecule has 2 aromatic carbocycles. The molecular weight excluding hydrogens is 226 g/mol. The second kappa shape index (κ2) is 4.07. The normalized spacial score (nSPS) is 10.7. The van der Waals surface area contributed by atoms with Crippen molar-refractivity contribution < 1.29 is 4.79 Å². The molecule has 0 atom stereocenters. The van der Waals surface area contributed by atoms with Crippen molar-refractivity contribution in [3.63, 3.8) is 0 Å². The highest BCUT2D eigenvalue weighted by Gasteiger charge is 2.10. The van der Waals surface area contributed by atoms with Gasteiger partial charge in [0, 0.05) is 7.05 Å². The van der Waals surface area contributed by atoms with E-state index in [9.17, 15) is 4.79 Å². The Hall–Kier alpha value is -2.49. The van der Waals surface area contributed by atoms with Gasteiger partial charge in [-0.15, -0.1) is 0 Å². The summed E-state index contributed by atoms with van der Waals surface area (Å²) in [7, 11) is 1.61. The average molecular weight is 237 g/mol. The summed E-state index contributed by atoms with van der Waals surface area (Å²) in [6, 6.07) is 13.1. The zero-order chi connectivity index (χ0) is 12.5. The number of carbonyl (C=O) groups is 1. The highest BCUT2D eigenvalue weighted by molar-refractivity contribution is 6.05. The Morgan fingerprint density at radius 1 is 0.944 bits per heavy atom. The first-order valence-electron chi connectivity index (χ1n) is 5.67. The molecule has 4 nitrogen and oxygen atoms in total. The molecule has 0 saturated heterocycles. The van der Waals surface area contributed by atoms with Gasteiger partial charge < -0.3 is 5.32 Å². The van der Waals surface area contributed by atoms with Gasteiger partial charge in [0.2, 0.25) is 0 Å². The summed E-state index contributed by atoms with van der Waals surface area (Å²) in [4.78, 5) is 20.8. The zero-order valence-electron chi connectivity index (χ0n) is 9.84. The van der Waals surface area contributed by atoms with Gasteiger partial charge >= 0.3 is 0 Å². The van der Waals surface area contributed by atoms with Crippen molar-refractivity contribution in [2.24, 2.45) is 0 Å². The van der Waals surface area contributed by atoms with Gasteiger partial charge in [0.25, 0.3) is 5.91 Å². The first-order valence-corrected chi connectivity index (χ1v) is 5.67. The SMILES string of the molecule is CNC(=O)c1cccc2nc3ccccc3nc12. The number of carbonyl (C=O) groups excluding carboxylic acids is 1. The number of nitrogens with one attached hydrogen (secondary N) is 1. The lowest BCUT2D eigenvalue weighted by Crippen LogP contribution is -2.18. The largest absolute Gasteiger partial charge is 0.355 e. The molecule has 1 amide bonds. The topological polar surface area (TPSA) is 54.9 Å². The number of hydrogen-bond donors (Lipinski definition) is 1. The van der Waals surface area contributed by atoms with E-state index in [1.54, 1.807) is 13.1 Å². The van der Waals surface area contributed by atoms with Crippen LogP contribution in [0, 0.1) is 0 Å². The summed E-state index contributed by atoms with van der Waals surface area (Å²) in [5, 5.41) is 2.61. The van der Waals surface area contributed by atoms with E-state index in [4.69, 9.17) is 0 Å². The summed E-state index contributed by atoms with van der Waals surface area (Å²) in [5.74, 6) is -0.148. The number of fused-ring (bicyclic) bond motifs is 2. The monoisotopic (exact) mass is 237 g/mol. The molecule has 0 saturated carbocycles. The molecule has 88 valence electrons. The van der Waals surface area contributed by atoms with Crippen molar-refractivity contribution in [3.05, 3.63) is 48.0 Å². The third-order valence-corrected chi connectivity index (χ3v) is 2.84. The van der Waals surface area contributed by atoms with E-state index < -0.39 is 0 Å². The Labute approximate surface area is 104 Å². The minimum absolute atomic E-state index is 0.148. The summed E-state index contributed by atoms with van der Waals surface area (Å²) in [6.45, 7) is 0. The van der Waals surface area contributed by atoms with E-state index in [1.807, 2.05) is 36.4 Å². The lowest BCUT2D eigenvalue weighted by molar-refractivity contribution is 0.0964. The summed E-state index contributed by atoms with van der Waals surface area (Å²) < 4.78 is 0. The molecule has 0 unspecified atom stereocenters. The van der Waals surface area contributed by atoms with Crippen molar-refractivity contribution in [1.29, 1.82) is 0 Å². The first-order chi connectivity index (χ1) is 8.79. The van der Waals surface area contributed by atoms with E-state index in [0.717, 1.165) is 16.6 Å². The van der Waals surface area contributed by atoms with Crippen molar-refractivity contribution in [3.8, 4) is 0 Å². The standard InChI is InChI=1S/C14H11N3O/c1-15-14(18)9-5-4-8-12-13(9)17-11-7-3-2-6-10(11)16-12/h2-8H,1H3,(H,15,18). The van der Waals surface area contributed by atoms with Crippen LogP contribution in [0.4, 0.5) is 0 Å². The molecule has 0 spiro atoms. The maximum atomic E-state index is 11.8. The van der Waals surface area contributed by atoms with E-state index in [0.29, 0.717) is 11.1 Å². The Morgan fingerprint density at radius 3 is 2.33 bits per heavy atom. The van der Waals surface area contributed by atoms with Crippen molar-refractivity contribution in [1.82, 2.24) is 15.3 Å². The highest BCUT2D eigenvalue weighted by atomic mass is 16.1. The van der Waals surface area contributed by atoms with Gasteiger partial charge in [0.05, 0.1) is 22.1 Å². The Balaban J connectivity index is 2.39. The number of nitrogens with zero attached hydrogens (tertiary/aromatic N) is 2. The molecule has 0 radical (unpaired) electrons. The van der Waals surface area contributed by atoms with Crippen molar-refractivity contribution in [2.75, 3.05) is 7.05 Å². The number of amides is 1. The number of hydrogen-bond acceptors (Lipinski definition) is 3. The van der Waals surface area contributed by atoms with Crippen LogP contribution in [0.2, 0.25) is 0 Å². The molecule has 0 aliphatic heterocycles. The molecule has 1 heterocycles. The molecule has 1 N–H and O–H groups in total. The van der Waals surface area contributed by atoms with Gasteiger partial charge in [-0.05, 0) is 24.3 Å². The van der Waals surface area contributed by atoms with Crippen LogP contribution in [0.25, 0.3) is 22.1 Å². The molecule has 4 heteroatoms. The fraction of sp³-hybridized carbons (Fsp3) is 0.0714. The second-order valence-corrected chi connectivity index (χ2v) is 3.96. The van der Waals surface area contributed by atoms with Crippen LogP contribution in [-0.2, 0) is 0 Å². The van der Waals surface area contributed by atoms with Crippen LogP contribution in [0.1, 0.15) is 10.4 Å². The molecule has 0 aliphatic carbocycles. The van der Waals surface area contributed by atoms with Crippen LogP contribution in [0.15, 0.2) is 42.5 Å². The number of benzene rings is 2. The lowest BCUT2D eigenvalue weighted by atomic mass is 10.1. The van der Waals surface area contributed by atoms with Gasteiger partial charge in [0.1, 0.15) is 5.52 Å². The van der Waals surface area contributed by atoms with Crippen LogP contribution in [0.5, 0.6) is 0 Å². The molecular formula is C14H11N3O. The van der Waals surface area contributed by atoms with Crippen molar-refractivity contribution >= 4 is 28.0 Å². The van der Waals surface area contributed by atoms with Gasteiger partial charge in [-0.3, -0.25) is 4.79 Å². The highest BCUT2D eigenvalue weighted by Crippen LogP contribution is 2.19. The maximum absolute atomic E-state index is 11.8. The molecule has 3 rings (SSSR count). The predicted molar refractivity (Wildman–Crippen MR) is 70.4 cm³/mol. The smallest absolute Gasteiger partial charge is 0.253 e. The Morgan fingerprint density at radius 2 is 1.61 bits per heavy atom. The summed E-state index contributed by atoms with van der Waals surface area (Å²) in [5.41, 5.74) is 3.54. The number of aromatic nitrogens is 2. The Bertz CT molecular complexity index is 752. The molecule has 0 fully saturated rings. The minimum Gasteiger partial charge on any atom is -0.355 e. The fourth-order valence-corrected chi connectivity index (χ4v) is 1.96. The Kier molecular flexibility index (Phi) is 2.41. The van der Waals surface area contributed by atoms with Gasteiger partial charge in [-0.1, -0.05) is 18.2 Å². The molecule has 3 aromatic rings. The van der Waals surface area contributed by atoms with Crippen LogP contribution in [-0.4, -0.2) is 22.9 Å². The lowest BCUT2D eigenvalue weighted by Gasteiger charge is -2.05. The molecule has 18 heavy (non-hydrogen) atoms. The minimum atomic E-state index is -0.148. The van der Waals surface area contributed by atoms with Crippen LogP contribution >= 0.6 is 0 Å². The molecule has 1 aromatic heterocycles. The third kappa shape index (κ3) is 1.59. The second-order valence-electron chi connectivity index (χ2n) is 3.96. The summed E-state index contributed by atoms with van der Waals surface area (Å²) in [6.07, 6.45) is 0. The van der Waals surface area contributed by atoms with Gasteiger partial charge in [-0.25, -0.2) is 9.97 Å². The van der Waals surface area contributed by atoms with E-state index in [2.05, 4.69) is 15.3 Å². The van der Waals surface area contributed by atoms with Gasteiger partial charge in [-0.2, -0.15) is 0 Å². The molecule has 0 aliphatic rings. The average Bonchev–Trinajstić information content (AvgIpc) is 2.43. The van der Waals surface area contributed by atoms with E-state index in [1.165, 1.54) is 0 Å². The quantitative estimate of drug-likeness (QED) is 0.660. The fourth-order valence-electron chi connectivity index (χ4n) is 1.96. The van der Waals surface area contributed by atoms with Crippen LogP contribution < -0.4 is 5.32 Å². The molecule has 0 bridgehead atoms. The van der Waals surface area contributed by atoms with E-state index in [-0.39, 0.29) is 5.91 Å². The zero-order valence-corrected chi connectivity index (χ0v) is 9.84. The maximum Gasteiger partial charge on any atom is 0.253 e.